The molecule has 0 atom stereocenters. The number of fused-ring (bicyclic) bond motifs is 1. The Labute approximate surface area is 128 Å². The highest BCUT2D eigenvalue weighted by atomic mass is 79.9. The van der Waals surface area contributed by atoms with Gasteiger partial charge in [0, 0.05) is 16.1 Å². The van der Waals surface area contributed by atoms with Gasteiger partial charge in [0.1, 0.15) is 11.3 Å². The minimum Gasteiger partial charge on any atom is -0.478 e. The average molecular weight is 347 g/mol. The Bertz CT molecular complexity index is 814. The lowest BCUT2D eigenvalue weighted by atomic mass is 10.2. The van der Waals surface area contributed by atoms with E-state index in [0.717, 1.165) is 21.1 Å². The summed E-state index contributed by atoms with van der Waals surface area (Å²) in [5.74, 6) is -0.614. The molecular formula is C15H11BrN2O3. The molecule has 0 aliphatic heterocycles. The van der Waals surface area contributed by atoms with E-state index in [1.165, 1.54) is 12.3 Å². The van der Waals surface area contributed by atoms with Crippen LogP contribution in [0.25, 0.3) is 10.9 Å². The average Bonchev–Trinajstić information content (AvgIpc) is 2.93. The van der Waals surface area contributed by atoms with Gasteiger partial charge in [0.25, 0.3) is 0 Å². The molecule has 0 amide bonds. The van der Waals surface area contributed by atoms with Gasteiger partial charge in [-0.2, -0.15) is 0 Å². The van der Waals surface area contributed by atoms with Crippen LogP contribution in [-0.4, -0.2) is 16.1 Å². The lowest BCUT2D eigenvalue weighted by Gasteiger charge is -2.08. The number of hydrogen-bond acceptors (Lipinski definition) is 4. The third-order valence-corrected chi connectivity index (χ3v) is 3.53. The van der Waals surface area contributed by atoms with Crippen molar-refractivity contribution in [3.05, 3.63) is 58.6 Å². The molecule has 3 aromatic rings. The number of carboxylic acid groups (broad SMARTS) is 1. The highest BCUT2D eigenvalue weighted by Crippen LogP contribution is 2.24. The molecule has 1 aromatic carbocycles. The van der Waals surface area contributed by atoms with E-state index in [0.29, 0.717) is 5.76 Å². The second-order valence-corrected chi connectivity index (χ2v) is 5.36. The van der Waals surface area contributed by atoms with E-state index in [-0.39, 0.29) is 12.1 Å². The van der Waals surface area contributed by atoms with Crippen LogP contribution >= 0.6 is 15.9 Å². The van der Waals surface area contributed by atoms with Gasteiger partial charge in [0.2, 0.25) is 0 Å². The number of nitrogens with one attached hydrogen (secondary N) is 1. The van der Waals surface area contributed by atoms with E-state index in [1.54, 1.807) is 6.20 Å². The Balaban J connectivity index is 1.88. The van der Waals surface area contributed by atoms with Gasteiger partial charge in [-0.3, -0.25) is 4.98 Å². The number of anilines is 1. The Morgan fingerprint density at radius 3 is 3.05 bits per heavy atom. The summed E-state index contributed by atoms with van der Waals surface area (Å²) in [5.41, 5.74) is 1.82. The molecule has 0 radical (unpaired) electrons. The molecule has 0 bridgehead atoms. The van der Waals surface area contributed by atoms with Gasteiger partial charge in [-0.25, -0.2) is 4.79 Å². The van der Waals surface area contributed by atoms with Crippen molar-refractivity contribution in [2.75, 3.05) is 5.32 Å². The van der Waals surface area contributed by atoms with Crippen LogP contribution in [0.5, 0.6) is 0 Å². The Morgan fingerprint density at radius 2 is 2.24 bits per heavy atom. The van der Waals surface area contributed by atoms with Gasteiger partial charge in [-0.15, -0.1) is 0 Å². The van der Waals surface area contributed by atoms with Gasteiger partial charge in [0.05, 0.1) is 24.0 Å². The fraction of sp³-hybridized carbons (Fsp3) is 0.0667. The largest absolute Gasteiger partial charge is 0.478 e. The monoisotopic (exact) mass is 346 g/mol. The summed E-state index contributed by atoms with van der Waals surface area (Å²) in [6, 6.07) is 9.19. The molecule has 21 heavy (non-hydrogen) atoms. The minimum absolute atomic E-state index is 0.165. The molecule has 0 aliphatic rings. The van der Waals surface area contributed by atoms with Crippen molar-refractivity contribution >= 4 is 38.5 Å². The quantitative estimate of drug-likeness (QED) is 0.749. The number of benzene rings is 1. The molecule has 0 saturated heterocycles. The number of hydrogen-bond donors (Lipinski definition) is 2. The van der Waals surface area contributed by atoms with Crippen LogP contribution in [0.4, 0.5) is 5.69 Å². The number of aromatic carboxylic acids is 1. The number of rotatable bonds is 4. The van der Waals surface area contributed by atoms with Gasteiger partial charge in [-0.1, -0.05) is 12.1 Å². The van der Waals surface area contributed by atoms with Crippen LogP contribution in [0.1, 0.15) is 16.1 Å². The number of nitrogens with zero attached hydrogens (tertiary/aromatic N) is 1. The number of halogens is 1. The molecule has 0 unspecified atom stereocenters. The summed E-state index contributed by atoms with van der Waals surface area (Å²) >= 11 is 3.39. The number of para-hydroxylation sites is 1. The maximum atomic E-state index is 11.0. The lowest BCUT2D eigenvalue weighted by Crippen LogP contribution is -2.05. The lowest BCUT2D eigenvalue weighted by molar-refractivity contribution is 0.0694. The van der Waals surface area contributed by atoms with Gasteiger partial charge >= 0.3 is 5.97 Å². The van der Waals surface area contributed by atoms with Crippen molar-refractivity contribution in [1.82, 2.24) is 4.98 Å². The van der Waals surface area contributed by atoms with Gasteiger partial charge < -0.3 is 14.8 Å². The van der Waals surface area contributed by atoms with Gasteiger partial charge in [-0.05, 0) is 34.1 Å². The standard InChI is InChI=1S/C15H11BrN2O3/c16-10-6-9-2-1-3-12(14(9)18-7-10)17-8-13-11(15(19)20)4-5-21-13/h1-7,17H,8H2,(H,19,20). The van der Waals surface area contributed by atoms with Crippen LogP contribution < -0.4 is 5.32 Å². The number of pyridine rings is 1. The molecule has 2 N–H and O–H groups in total. The Hall–Kier alpha value is -2.34. The first kappa shape index (κ1) is 13.6. The second-order valence-electron chi connectivity index (χ2n) is 4.45. The molecule has 0 saturated carbocycles. The molecule has 106 valence electrons. The highest BCUT2D eigenvalue weighted by Gasteiger charge is 2.13. The fourth-order valence-corrected chi connectivity index (χ4v) is 2.47. The number of carbonyl (C=O) groups is 1. The fourth-order valence-electron chi connectivity index (χ4n) is 2.12. The third kappa shape index (κ3) is 2.75. The summed E-state index contributed by atoms with van der Waals surface area (Å²) in [4.78, 5) is 15.4. The van der Waals surface area contributed by atoms with E-state index in [2.05, 4.69) is 26.2 Å². The van der Waals surface area contributed by atoms with E-state index < -0.39 is 5.97 Å². The third-order valence-electron chi connectivity index (χ3n) is 3.09. The summed E-state index contributed by atoms with van der Waals surface area (Å²) < 4.78 is 6.12. The number of aromatic nitrogens is 1. The first-order valence-corrected chi connectivity index (χ1v) is 7.02. The molecular weight excluding hydrogens is 336 g/mol. The van der Waals surface area contributed by atoms with Gasteiger partial charge in [0.15, 0.2) is 0 Å². The summed E-state index contributed by atoms with van der Waals surface area (Å²) in [6.07, 6.45) is 3.10. The van der Waals surface area contributed by atoms with E-state index in [9.17, 15) is 4.79 Å². The predicted molar refractivity (Wildman–Crippen MR) is 82.4 cm³/mol. The summed E-state index contributed by atoms with van der Waals surface area (Å²) in [7, 11) is 0. The number of furan rings is 1. The second kappa shape index (κ2) is 5.57. The SMILES string of the molecule is O=C(O)c1ccoc1CNc1cccc2cc(Br)cnc12. The molecule has 0 aliphatic carbocycles. The summed E-state index contributed by atoms with van der Waals surface area (Å²) in [5, 5.41) is 13.2. The number of carboxylic acids is 1. The van der Waals surface area contributed by atoms with Crippen LogP contribution in [0.15, 0.2) is 51.7 Å². The van der Waals surface area contributed by atoms with Crippen LogP contribution in [0.2, 0.25) is 0 Å². The van der Waals surface area contributed by atoms with E-state index >= 15 is 0 Å². The van der Waals surface area contributed by atoms with Crippen molar-refractivity contribution in [2.45, 2.75) is 6.54 Å². The van der Waals surface area contributed by atoms with Crippen LogP contribution in [0, 0.1) is 0 Å². The van der Waals surface area contributed by atoms with Crippen LogP contribution in [0.3, 0.4) is 0 Å². The topological polar surface area (TPSA) is 75.4 Å². The zero-order valence-electron chi connectivity index (χ0n) is 10.8. The molecule has 2 aromatic heterocycles. The van der Waals surface area contributed by atoms with Crippen molar-refractivity contribution in [3.8, 4) is 0 Å². The van der Waals surface area contributed by atoms with Crippen molar-refractivity contribution in [3.63, 3.8) is 0 Å². The van der Waals surface area contributed by atoms with Crippen molar-refractivity contribution in [2.24, 2.45) is 0 Å². The zero-order chi connectivity index (χ0) is 14.8. The summed E-state index contributed by atoms with van der Waals surface area (Å²) in [6.45, 7) is 0.283. The maximum Gasteiger partial charge on any atom is 0.339 e. The van der Waals surface area contributed by atoms with E-state index in [4.69, 9.17) is 9.52 Å². The molecule has 2 heterocycles. The maximum absolute atomic E-state index is 11.0. The van der Waals surface area contributed by atoms with Crippen LogP contribution in [-0.2, 0) is 6.54 Å². The zero-order valence-corrected chi connectivity index (χ0v) is 12.4. The van der Waals surface area contributed by atoms with Crippen molar-refractivity contribution in [1.29, 1.82) is 0 Å². The van der Waals surface area contributed by atoms with E-state index in [1.807, 2.05) is 24.3 Å². The Kier molecular flexibility index (Phi) is 3.62. The predicted octanol–water partition coefficient (Wildman–Crippen LogP) is 3.90. The molecule has 6 heteroatoms. The smallest absolute Gasteiger partial charge is 0.339 e. The molecule has 3 rings (SSSR count). The minimum atomic E-state index is -1.000. The molecule has 0 fully saturated rings. The first-order chi connectivity index (χ1) is 10.1. The van der Waals surface area contributed by atoms with Crippen molar-refractivity contribution < 1.29 is 14.3 Å². The first-order valence-electron chi connectivity index (χ1n) is 6.23. The molecule has 5 nitrogen and oxygen atoms in total. The highest BCUT2D eigenvalue weighted by molar-refractivity contribution is 9.10. The Morgan fingerprint density at radius 1 is 1.38 bits per heavy atom. The normalized spacial score (nSPS) is 10.7. The molecule has 0 spiro atoms.